The zero-order valence-electron chi connectivity index (χ0n) is 14.1. The van der Waals surface area contributed by atoms with Gasteiger partial charge < -0.3 is 5.32 Å². The Hall–Kier alpha value is -2.41. The first-order valence-corrected chi connectivity index (χ1v) is 8.64. The molecule has 0 unspecified atom stereocenters. The average Bonchev–Trinajstić information content (AvgIpc) is 3.09. The van der Waals surface area contributed by atoms with Crippen molar-refractivity contribution in [1.82, 2.24) is 19.7 Å². The van der Waals surface area contributed by atoms with Crippen LogP contribution in [-0.4, -0.2) is 39.2 Å². The number of likely N-dealkylation sites (N-methyl/N-ethyl adjacent to an activating group) is 1. The summed E-state index contributed by atoms with van der Waals surface area (Å²) >= 11 is 12.1. The fourth-order valence-corrected chi connectivity index (χ4v) is 2.96. The monoisotopic (exact) mass is 389 g/mol. The van der Waals surface area contributed by atoms with Gasteiger partial charge in [0.05, 0.1) is 17.9 Å². The second kappa shape index (κ2) is 8.31. The molecule has 0 spiro atoms. The van der Waals surface area contributed by atoms with Gasteiger partial charge in [-0.25, -0.2) is 9.67 Å². The van der Waals surface area contributed by atoms with E-state index in [0.717, 1.165) is 5.56 Å². The molecule has 6 nitrogen and oxygen atoms in total. The van der Waals surface area contributed by atoms with Crippen molar-refractivity contribution in [2.45, 2.75) is 6.54 Å². The maximum absolute atomic E-state index is 12.4. The van der Waals surface area contributed by atoms with E-state index in [1.165, 1.54) is 6.33 Å². The van der Waals surface area contributed by atoms with Crippen LogP contribution >= 0.6 is 23.2 Å². The van der Waals surface area contributed by atoms with E-state index in [-0.39, 0.29) is 12.5 Å². The van der Waals surface area contributed by atoms with Crippen LogP contribution in [0.1, 0.15) is 5.56 Å². The van der Waals surface area contributed by atoms with Crippen LogP contribution in [0.4, 0.5) is 5.69 Å². The lowest BCUT2D eigenvalue weighted by Gasteiger charge is -2.17. The van der Waals surface area contributed by atoms with E-state index in [9.17, 15) is 4.79 Å². The summed E-state index contributed by atoms with van der Waals surface area (Å²) in [4.78, 5) is 18.3. The van der Waals surface area contributed by atoms with Gasteiger partial charge in [0, 0.05) is 16.6 Å². The van der Waals surface area contributed by atoms with Crippen molar-refractivity contribution in [3.63, 3.8) is 0 Å². The fraction of sp³-hybridized carbons (Fsp3) is 0.167. The molecule has 3 aromatic rings. The summed E-state index contributed by atoms with van der Waals surface area (Å²) in [6.07, 6.45) is 2.99. The molecule has 0 radical (unpaired) electrons. The molecule has 3 rings (SSSR count). The molecule has 0 atom stereocenters. The standard InChI is InChI=1S/C18H17Cl2N5O/c1-24(9-13-3-2-4-14(19)7-13)10-18(26)23-16-8-15(20)5-6-17(16)25-12-21-11-22-25/h2-8,11-12H,9-10H2,1H3,(H,23,26). The van der Waals surface area contributed by atoms with E-state index in [2.05, 4.69) is 15.4 Å². The normalized spacial score (nSPS) is 10.9. The number of amides is 1. The topological polar surface area (TPSA) is 63.1 Å². The number of halogens is 2. The molecular weight excluding hydrogens is 373 g/mol. The molecule has 134 valence electrons. The Bertz CT molecular complexity index is 898. The summed E-state index contributed by atoms with van der Waals surface area (Å²) < 4.78 is 1.57. The van der Waals surface area contributed by atoms with Crippen molar-refractivity contribution in [2.75, 3.05) is 18.9 Å². The van der Waals surface area contributed by atoms with Gasteiger partial charge >= 0.3 is 0 Å². The number of hydrogen-bond acceptors (Lipinski definition) is 4. The highest BCUT2D eigenvalue weighted by molar-refractivity contribution is 6.31. The molecule has 0 saturated carbocycles. The minimum Gasteiger partial charge on any atom is -0.323 e. The molecule has 0 saturated heterocycles. The number of nitrogens with zero attached hydrogens (tertiary/aromatic N) is 4. The fourth-order valence-electron chi connectivity index (χ4n) is 2.58. The molecular formula is C18H17Cl2N5O. The van der Waals surface area contributed by atoms with Crippen LogP contribution in [0.25, 0.3) is 5.69 Å². The molecule has 2 aromatic carbocycles. The third kappa shape index (κ3) is 4.82. The highest BCUT2D eigenvalue weighted by atomic mass is 35.5. The van der Waals surface area contributed by atoms with Crippen molar-refractivity contribution in [2.24, 2.45) is 0 Å². The van der Waals surface area contributed by atoms with E-state index in [1.807, 2.05) is 36.2 Å². The van der Waals surface area contributed by atoms with Crippen molar-refractivity contribution in [3.8, 4) is 5.69 Å². The van der Waals surface area contributed by atoms with Gasteiger partial charge in [0.15, 0.2) is 0 Å². The molecule has 26 heavy (non-hydrogen) atoms. The summed E-state index contributed by atoms with van der Waals surface area (Å²) in [6, 6.07) is 12.8. The van der Waals surface area contributed by atoms with Crippen LogP contribution in [0.3, 0.4) is 0 Å². The Balaban J connectivity index is 1.67. The summed E-state index contributed by atoms with van der Waals surface area (Å²) in [7, 11) is 1.87. The van der Waals surface area contributed by atoms with Gasteiger partial charge in [-0.05, 0) is 42.9 Å². The first-order chi connectivity index (χ1) is 12.5. The molecule has 1 amide bonds. The maximum atomic E-state index is 12.4. The predicted octanol–water partition coefficient (Wildman–Crippen LogP) is 3.64. The van der Waals surface area contributed by atoms with E-state index >= 15 is 0 Å². The largest absolute Gasteiger partial charge is 0.323 e. The summed E-state index contributed by atoms with van der Waals surface area (Å²) in [6.45, 7) is 0.829. The number of carbonyl (C=O) groups excluding carboxylic acids is 1. The maximum Gasteiger partial charge on any atom is 0.238 e. The summed E-state index contributed by atoms with van der Waals surface area (Å²) in [5, 5.41) is 8.19. The SMILES string of the molecule is CN(CC(=O)Nc1cc(Cl)ccc1-n1cncn1)Cc1cccc(Cl)c1. The Morgan fingerprint density at radius 2 is 2.00 bits per heavy atom. The van der Waals surface area contributed by atoms with E-state index in [4.69, 9.17) is 23.2 Å². The molecule has 0 aliphatic heterocycles. The van der Waals surface area contributed by atoms with Crippen LogP contribution in [-0.2, 0) is 11.3 Å². The molecule has 1 aromatic heterocycles. The lowest BCUT2D eigenvalue weighted by molar-refractivity contribution is -0.117. The van der Waals surface area contributed by atoms with Crippen molar-refractivity contribution in [3.05, 3.63) is 70.7 Å². The number of aromatic nitrogens is 3. The zero-order chi connectivity index (χ0) is 18.5. The van der Waals surface area contributed by atoms with E-state index in [1.54, 1.807) is 29.2 Å². The van der Waals surface area contributed by atoms with Crippen molar-refractivity contribution in [1.29, 1.82) is 0 Å². The van der Waals surface area contributed by atoms with Crippen LogP contribution in [0.2, 0.25) is 10.0 Å². The predicted molar refractivity (Wildman–Crippen MR) is 103 cm³/mol. The van der Waals surface area contributed by atoms with Gasteiger partial charge in [0.25, 0.3) is 0 Å². The Morgan fingerprint density at radius 3 is 2.73 bits per heavy atom. The minimum absolute atomic E-state index is 0.154. The Labute approximate surface area is 161 Å². The molecule has 0 fully saturated rings. The second-order valence-corrected chi connectivity index (χ2v) is 6.72. The first-order valence-electron chi connectivity index (χ1n) is 7.88. The summed E-state index contributed by atoms with van der Waals surface area (Å²) in [5.41, 5.74) is 2.31. The number of rotatable bonds is 6. The molecule has 0 bridgehead atoms. The van der Waals surface area contributed by atoms with Gasteiger partial charge in [0.2, 0.25) is 5.91 Å². The second-order valence-electron chi connectivity index (χ2n) is 5.85. The molecule has 0 aliphatic carbocycles. The lowest BCUT2D eigenvalue weighted by atomic mass is 10.2. The lowest BCUT2D eigenvalue weighted by Crippen LogP contribution is -2.30. The van der Waals surface area contributed by atoms with Gasteiger partial charge in [-0.3, -0.25) is 9.69 Å². The summed E-state index contributed by atoms with van der Waals surface area (Å²) in [5.74, 6) is -0.154. The van der Waals surface area contributed by atoms with Crippen molar-refractivity contribution >= 4 is 34.8 Å². The molecule has 1 heterocycles. The van der Waals surface area contributed by atoms with E-state index < -0.39 is 0 Å². The van der Waals surface area contributed by atoms with Gasteiger partial charge in [-0.15, -0.1) is 0 Å². The number of hydrogen-bond donors (Lipinski definition) is 1. The van der Waals surface area contributed by atoms with Gasteiger partial charge in [-0.1, -0.05) is 35.3 Å². The smallest absolute Gasteiger partial charge is 0.238 e. The Morgan fingerprint density at radius 1 is 1.19 bits per heavy atom. The van der Waals surface area contributed by atoms with Gasteiger partial charge in [-0.2, -0.15) is 5.10 Å². The van der Waals surface area contributed by atoms with Crippen LogP contribution in [0.15, 0.2) is 55.1 Å². The highest BCUT2D eigenvalue weighted by Crippen LogP contribution is 2.24. The minimum atomic E-state index is -0.154. The van der Waals surface area contributed by atoms with Crippen molar-refractivity contribution < 1.29 is 4.79 Å². The quantitative estimate of drug-likeness (QED) is 0.698. The number of nitrogens with one attached hydrogen (secondary N) is 1. The van der Waals surface area contributed by atoms with E-state index in [0.29, 0.717) is 28.0 Å². The number of carbonyl (C=O) groups is 1. The first kappa shape index (κ1) is 18.4. The highest BCUT2D eigenvalue weighted by Gasteiger charge is 2.12. The number of benzene rings is 2. The molecule has 8 heteroatoms. The molecule has 1 N–H and O–H groups in total. The van der Waals surface area contributed by atoms with Crippen LogP contribution in [0, 0.1) is 0 Å². The average molecular weight is 390 g/mol. The Kier molecular flexibility index (Phi) is 5.88. The third-order valence-electron chi connectivity index (χ3n) is 3.65. The molecule has 0 aliphatic rings. The number of anilines is 1. The van der Waals surface area contributed by atoms with Crippen LogP contribution < -0.4 is 5.32 Å². The van der Waals surface area contributed by atoms with Crippen LogP contribution in [0.5, 0.6) is 0 Å². The zero-order valence-corrected chi connectivity index (χ0v) is 15.6. The third-order valence-corrected chi connectivity index (χ3v) is 4.12. The van der Waals surface area contributed by atoms with Gasteiger partial charge in [0.1, 0.15) is 12.7 Å².